The third-order valence-electron chi connectivity index (χ3n) is 6.94. The number of hydrogen-bond donors (Lipinski definition) is 8. The minimum absolute atomic E-state index is 0.0789. The summed E-state index contributed by atoms with van der Waals surface area (Å²) in [4.78, 5) is 72.8. The normalized spacial score (nSPS) is 14.2. The number of fused-ring (bicyclic) bond motifs is 1. The van der Waals surface area contributed by atoms with Crippen molar-refractivity contribution in [2.45, 2.75) is 51.5 Å². The predicted molar refractivity (Wildman–Crippen MR) is 172 cm³/mol. The van der Waals surface area contributed by atoms with Crippen LogP contribution in [-0.4, -0.2) is 72.5 Å². The number of nitrogens with two attached hydrogens (primary N) is 1. The third-order valence-corrected chi connectivity index (χ3v) is 6.94. The Morgan fingerprint density at radius 1 is 1.02 bits per heavy atom. The summed E-state index contributed by atoms with van der Waals surface area (Å²) >= 11 is 0. The zero-order valence-electron chi connectivity index (χ0n) is 26.6. The van der Waals surface area contributed by atoms with E-state index < -0.39 is 60.2 Å². The first-order chi connectivity index (χ1) is 23.7. The molecule has 18 nitrogen and oxygen atoms in total. The molecule has 18 heteroatoms. The van der Waals surface area contributed by atoms with Crippen LogP contribution in [0.15, 0.2) is 59.7 Å². The van der Waals surface area contributed by atoms with Crippen LogP contribution in [0.4, 0.5) is 5.69 Å². The standard InChI is InChI=1S/C32H33N7O11/c1-15(2)25-21(9-8-20(40)27(25)50-24(44)12-10-22(41)42)49-23(43)11-7-19(31(47)48)37-29(45)16-3-5-17(6-4-16)34-13-18-14-35-28-26(36-18)30(46)39-32(33)38-28/h3-6,8-10,12,14-15,19,32,34,39-40,46H,7,11,13,33H2,1-2H3,(H,37,45)(H,41,42)(H,47,48). The first-order valence-corrected chi connectivity index (χ1v) is 14.9. The number of aliphatic carboxylic acids is 2. The fraction of sp³-hybridized carbons (Fsp3) is 0.250. The highest BCUT2D eigenvalue weighted by atomic mass is 16.6. The van der Waals surface area contributed by atoms with E-state index in [0.717, 1.165) is 6.07 Å². The summed E-state index contributed by atoms with van der Waals surface area (Å²) in [7, 11) is 0. The van der Waals surface area contributed by atoms with E-state index in [4.69, 9.17) is 20.3 Å². The van der Waals surface area contributed by atoms with Gasteiger partial charge in [-0.15, -0.1) is 0 Å². The molecule has 2 unspecified atom stereocenters. The lowest BCUT2D eigenvalue weighted by Crippen LogP contribution is -2.49. The number of phenols is 1. The number of aliphatic hydroxyl groups is 1. The number of phenolic OH excluding ortho intramolecular Hbond substituents is 1. The Balaban J connectivity index is 1.35. The molecule has 0 aliphatic carbocycles. The van der Waals surface area contributed by atoms with E-state index in [0.29, 0.717) is 23.5 Å². The zero-order chi connectivity index (χ0) is 36.5. The molecule has 1 amide bonds. The summed E-state index contributed by atoms with van der Waals surface area (Å²) in [6, 6.07) is 7.02. The molecule has 1 aromatic heterocycles. The Bertz CT molecular complexity index is 1960. The lowest BCUT2D eigenvalue weighted by atomic mass is 10.00. The number of aliphatic hydroxyl groups excluding tert-OH is 1. The van der Waals surface area contributed by atoms with Gasteiger partial charge in [-0.05, 0) is 48.7 Å². The number of ether oxygens (including phenoxy) is 2. The van der Waals surface area contributed by atoms with Crippen molar-refractivity contribution in [2.75, 3.05) is 5.32 Å². The van der Waals surface area contributed by atoms with Gasteiger partial charge >= 0.3 is 23.9 Å². The predicted octanol–water partition coefficient (Wildman–Crippen LogP) is 0.122. The molecule has 2 atom stereocenters. The largest absolute Gasteiger partial charge is 0.504 e. The van der Waals surface area contributed by atoms with Crippen LogP contribution >= 0.6 is 0 Å². The monoisotopic (exact) mass is 691 g/mol. The molecule has 1 aliphatic heterocycles. The Hall–Kier alpha value is -6.56. The highest BCUT2D eigenvalue weighted by Gasteiger charge is 2.25. The number of amides is 1. The summed E-state index contributed by atoms with van der Waals surface area (Å²) in [5.41, 5.74) is 7.19. The lowest BCUT2D eigenvalue weighted by Gasteiger charge is -2.18. The minimum atomic E-state index is -1.46. The molecule has 0 fully saturated rings. The van der Waals surface area contributed by atoms with Gasteiger partial charge in [-0.1, -0.05) is 13.8 Å². The number of carbonyl (C=O) groups is 5. The summed E-state index contributed by atoms with van der Waals surface area (Å²) < 4.78 is 10.5. The van der Waals surface area contributed by atoms with Crippen LogP contribution in [0.2, 0.25) is 0 Å². The molecular weight excluding hydrogens is 658 g/mol. The molecule has 9 N–H and O–H groups in total. The summed E-state index contributed by atoms with van der Waals surface area (Å²) in [5, 5.41) is 46.9. The summed E-state index contributed by atoms with van der Waals surface area (Å²) in [6.45, 7) is 3.54. The maximum Gasteiger partial charge on any atom is 0.336 e. The van der Waals surface area contributed by atoms with Crippen LogP contribution in [0, 0.1) is 0 Å². The van der Waals surface area contributed by atoms with Gasteiger partial charge in [-0.2, -0.15) is 0 Å². The average molecular weight is 692 g/mol. The van der Waals surface area contributed by atoms with Crippen molar-refractivity contribution in [2.24, 2.45) is 10.7 Å². The first kappa shape index (κ1) is 36.3. The lowest BCUT2D eigenvalue weighted by molar-refractivity contribution is -0.140. The molecule has 1 aliphatic rings. The molecule has 50 heavy (non-hydrogen) atoms. The maximum absolute atomic E-state index is 12.9. The van der Waals surface area contributed by atoms with Gasteiger partial charge in [0.05, 0.1) is 18.4 Å². The molecule has 0 radical (unpaired) electrons. The number of aromatic nitrogens is 2. The van der Waals surface area contributed by atoms with Gasteiger partial charge in [0, 0.05) is 35.4 Å². The molecule has 4 rings (SSSR count). The van der Waals surface area contributed by atoms with E-state index in [1.165, 1.54) is 24.4 Å². The number of esters is 2. The number of aromatic hydroxyl groups is 1. The topological polar surface area (TPSA) is 285 Å². The SMILES string of the molecule is CC(C)c1c(OC(=O)CCC(NC(=O)c2ccc(NCc3cnc4c(n3)=C(O)NC(N)N=4)cc2)C(=O)O)ccc(O)c1OC(=O)C=CC(=O)O. The number of hydrogen-bond acceptors (Lipinski definition) is 15. The van der Waals surface area contributed by atoms with E-state index in [-0.39, 0.29) is 52.3 Å². The zero-order valence-corrected chi connectivity index (χ0v) is 26.6. The Morgan fingerprint density at radius 3 is 2.40 bits per heavy atom. The summed E-state index contributed by atoms with van der Waals surface area (Å²) in [6.07, 6.45) is 1.06. The molecule has 0 bridgehead atoms. The Kier molecular flexibility index (Phi) is 11.6. The van der Waals surface area contributed by atoms with Gasteiger partial charge in [-0.25, -0.2) is 29.3 Å². The fourth-order valence-corrected chi connectivity index (χ4v) is 4.58. The van der Waals surface area contributed by atoms with Gasteiger partial charge < -0.3 is 45.9 Å². The second-order valence-electron chi connectivity index (χ2n) is 11.0. The van der Waals surface area contributed by atoms with Crippen molar-refractivity contribution < 1.29 is 53.9 Å². The van der Waals surface area contributed by atoms with Gasteiger partial charge in [0.1, 0.15) is 11.8 Å². The van der Waals surface area contributed by atoms with Crippen molar-refractivity contribution in [3.63, 3.8) is 0 Å². The number of carboxylic acids is 2. The first-order valence-electron chi connectivity index (χ1n) is 14.9. The molecule has 3 aromatic rings. The second-order valence-corrected chi connectivity index (χ2v) is 11.0. The average Bonchev–Trinajstić information content (AvgIpc) is 3.06. The number of benzene rings is 2. The van der Waals surface area contributed by atoms with E-state index in [1.54, 1.807) is 26.0 Å². The summed E-state index contributed by atoms with van der Waals surface area (Å²) in [5.74, 6) is -7.04. The Morgan fingerprint density at radius 2 is 1.74 bits per heavy atom. The van der Waals surface area contributed by atoms with Crippen LogP contribution in [0.5, 0.6) is 17.2 Å². The number of carboxylic acid groups (broad SMARTS) is 2. The minimum Gasteiger partial charge on any atom is -0.504 e. The van der Waals surface area contributed by atoms with E-state index in [9.17, 15) is 39.3 Å². The number of nitrogens with zero attached hydrogens (tertiary/aromatic N) is 3. The van der Waals surface area contributed by atoms with Crippen molar-refractivity contribution in [3.8, 4) is 17.2 Å². The molecule has 0 spiro atoms. The molecular formula is C32H33N7O11. The van der Waals surface area contributed by atoms with Gasteiger partial charge in [0.15, 0.2) is 28.6 Å². The molecule has 262 valence electrons. The number of nitrogens with one attached hydrogen (secondary N) is 3. The quantitative estimate of drug-likeness (QED) is 0.0633. The van der Waals surface area contributed by atoms with Crippen LogP contribution in [0.25, 0.3) is 5.88 Å². The van der Waals surface area contributed by atoms with Crippen molar-refractivity contribution in [1.82, 2.24) is 20.6 Å². The number of carbonyl (C=O) groups excluding carboxylic acids is 3. The van der Waals surface area contributed by atoms with Crippen LogP contribution in [0.3, 0.4) is 0 Å². The molecule has 2 heterocycles. The smallest absolute Gasteiger partial charge is 0.336 e. The van der Waals surface area contributed by atoms with Crippen molar-refractivity contribution in [1.29, 1.82) is 0 Å². The number of rotatable bonds is 14. The number of anilines is 1. The van der Waals surface area contributed by atoms with Gasteiger partial charge in [-0.3, -0.25) is 15.3 Å². The van der Waals surface area contributed by atoms with Crippen LogP contribution in [-0.2, 0) is 25.7 Å². The Labute approximate surface area is 283 Å². The van der Waals surface area contributed by atoms with Crippen molar-refractivity contribution >= 4 is 41.4 Å². The third kappa shape index (κ3) is 9.50. The molecule has 0 saturated heterocycles. The van der Waals surface area contributed by atoms with Crippen LogP contribution in [0.1, 0.15) is 54.2 Å². The van der Waals surface area contributed by atoms with Gasteiger partial charge in [0.25, 0.3) is 5.91 Å². The second kappa shape index (κ2) is 16.0. The van der Waals surface area contributed by atoms with E-state index in [2.05, 4.69) is 30.9 Å². The maximum atomic E-state index is 12.9. The highest BCUT2D eigenvalue weighted by molar-refractivity contribution is 5.97. The molecule has 2 aromatic carbocycles. The van der Waals surface area contributed by atoms with Crippen LogP contribution < -0.4 is 42.0 Å². The fourth-order valence-electron chi connectivity index (χ4n) is 4.58. The molecule has 0 saturated carbocycles. The highest BCUT2D eigenvalue weighted by Crippen LogP contribution is 2.41. The van der Waals surface area contributed by atoms with E-state index in [1.807, 2.05) is 0 Å². The van der Waals surface area contributed by atoms with Crippen molar-refractivity contribution in [3.05, 3.63) is 82.4 Å². The van der Waals surface area contributed by atoms with Gasteiger partial charge in [0.2, 0.25) is 5.88 Å². The van der Waals surface area contributed by atoms with E-state index >= 15 is 0 Å².